The van der Waals surface area contributed by atoms with Crippen molar-refractivity contribution in [3.63, 3.8) is 0 Å². The Balaban J connectivity index is 1.67. The van der Waals surface area contributed by atoms with Gasteiger partial charge in [-0.1, -0.05) is 18.0 Å². The van der Waals surface area contributed by atoms with Gasteiger partial charge in [-0.3, -0.25) is 0 Å². The second-order valence-corrected chi connectivity index (χ2v) is 4.22. The van der Waals surface area contributed by atoms with Gasteiger partial charge in [-0.2, -0.15) is 0 Å². The highest BCUT2D eigenvalue weighted by molar-refractivity contribution is 5.02. The predicted octanol–water partition coefficient (Wildman–Crippen LogP) is 2.26. The first-order chi connectivity index (χ1) is 6.84. The summed E-state index contributed by atoms with van der Waals surface area (Å²) >= 11 is 0. The maximum absolute atomic E-state index is 5.12. The topological polar surface area (TPSA) is 38.1 Å². The second-order valence-electron chi connectivity index (χ2n) is 4.22. The third kappa shape index (κ3) is 2.58. The first-order valence-electron chi connectivity index (χ1n) is 5.47. The van der Waals surface area contributed by atoms with Crippen LogP contribution in [0.1, 0.15) is 37.1 Å². The van der Waals surface area contributed by atoms with Crippen molar-refractivity contribution < 1.29 is 4.52 Å². The van der Waals surface area contributed by atoms with Gasteiger partial charge in [0, 0.05) is 6.07 Å². The minimum Gasteiger partial charge on any atom is -0.360 e. The molecule has 1 heterocycles. The zero-order valence-electron chi connectivity index (χ0n) is 8.75. The van der Waals surface area contributed by atoms with Crippen LogP contribution >= 0.6 is 0 Å². The lowest BCUT2D eigenvalue weighted by Crippen LogP contribution is -2.20. The number of aryl methyl sites for hydroxylation is 1. The molecule has 0 aliphatic heterocycles. The zero-order valence-corrected chi connectivity index (χ0v) is 8.75. The highest BCUT2D eigenvalue weighted by atomic mass is 16.5. The Hall–Kier alpha value is -0.830. The van der Waals surface area contributed by atoms with E-state index in [1.807, 2.05) is 13.0 Å². The molecule has 1 N–H and O–H groups in total. The molecular formula is C11H18N2O. The molecule has 2 rings (SSSR count). The van der Waals surface area contributed by atoms with Gasteiger partial charge < -0.3 is 9.84 Å². The molecule has 3 nitrogen and oxygen atoms in total. The van der Waals surface area contributed by atoms with E-state index < -0.39 is 0 Å². The van der Waals surface area contributed by atoms with Crippen molar-refractivity contribution in [3.05, 3.63) is 17.5 Å². The predicted molar refractivity (Wildman–Crippen MR) is 54.9 cm³/mol. The molecule has 1 aromatic heterocycles. The summed E-state index contributed by atoms with van der Waals surface area (Å²) in [5.74, 6) is 1.83. The average Bonchev–Trinajstić information content (AvgIpc) is 2.77. The van der Waals surface area contributed by atoms with Crippen molar-refractivity contribution in [3.8, 4) is 0 Å². The van der Waals surface area contributed by atoms with Gasteiger partial charge in [0.05, 0.1) is 12.2 Å². The fourth-order valence-corrected chi connectivity index (χ4v) is 2.11. The number of nitrogens with zero attached hydrogens (tertiary/aromatic N) is 1. The Morgan fingerprint density at radius 2 is 2.29 bits per heavy atom. The van der Waals surface area contributed by atoms with Crippen molar-refractivity contribution >= 4 is 0 Å². The Labute approximate surface area is 84.9 Å². The standard InChI is InChI=1S/C11H18N2O/c1-9-6-11(14-13-9)8-12-7-10-4-2-3-5-10/h6,10,12H,2-5,7-8H2,1H3. The number of hydrogen-bond acceptors (Lipinski definition) is 3. The molecule has 0 radical (unpaired) electrons. The van der Waals surface area contributed by atoms with Crippen LogP contribution in [0.25, 0.3) is 0 Å². The van der Waals surface area contributed by atoms with E-state index in [2.05, 4.69) is 10.5 Å². The van der Waals surface area contributed by atoms with Crippen LogP contribution in [-0.4, -0.2) is 11.7 Å². The van der Waals surface area contributed by atoms with Crippen molar-refractivity contribution in [2.45, 2.75) is 39.2 Å². The van der Waals surface area contributed by atoms with Gasteiger partial charge in [0.2, 0.25) is 0 Å². The van der Waals surface area contributed by atoms with Gasteiger partial charge in [-0.15, -0.1) is 0 Å². The average molecular weight is 194 g/mol. The lowest BCUT2D eigenvalue weighted by atomic mass is 10.1. The molecule has 0 spiro atoms. The van der Waals surface area contributed by atoms with Crippen LogP contribution in [0.2, 0.25) is 0 Å². The van der Waals surface area contributed by atoms with E-state index in [4.69, 9.17) is 4.52 Å². The lowest BCUT2D eigenvalue weighted by Gasteiger charge is -2.08. The molecule has 78 valence electrons. The van der Waals surface area contributed by atoms with E-state index >= 15 is 0 Å². The summed E-state index contributed by atoms with van der Waals surface area (Å²) in [6.07, 6.45) is 5.60. The molecule has 0 atom stereocenters. The first-order valence-corrected chi connectivity index (χ1v) is 5.47. The Kier molecular flexibility index (Phi) is 3.19. The van der Waals surface area contributed by atoms with Gasteiger partial charge in [0.15, 0.2) is 5.76 Å². The van der Waals surface area contributed by atoms with Gasteiger partial charge in [-0.25, -0.2) is 0 Å². The van der Waals surface area contributed by atoms with Crippen molar-refractivity contribution in [2.24, 2.45) is 5.92 Å². The van der Waals surface area contributed by atoms with Gasteiger partial charge in [0.1, 0.15) is 0 Å². The number of rotatable bonds is 4. The van der Waals surface area contributed by atoms with E-state index in [-0.39, 0.29) is 0 Å². The minimum absolute atomic E-state index is 0.817. The molecular weight excluding hydrogens is 176 g/mol. The monoisotopic (exact) mass is 194 g/mol. The zero-order chi connectivity index (χ0) is 9.80. The lowest BCUT2D eigenvalue weighted by molar-refractivity contribution is 0.363. The molecule has 14 heavy (non-hydrogen) atoms. The number of hydrogen-bond donors (Lipinski definition) is 1. The molecule has 1 aliphatic rings. The molecule has 1 fully saturated rings. The van der Waals surface area contributed by atoms with Crippen LogP contribution in [-0.2, 0) is 6.54 Å². The van der Waals surface area contributed by atoms with E-state index in [9.17, 15) is 0 Å². The van der Waals surface area contributed by atoms with E-state index in [1.165, 1.54) is 25.7 Å². The molecule has 0 aromatic carbocycles. The van der Waals surface area contributed by atoms with Crippen molar-refractivity contribution in [1.82, 2.24) is 10.5 Å². The summed E-state index contributed by atoms with van der Waals surface area (Å²) in [7, 11) is 0. The third-order valence-electron chi connectivity index (χ3n) is 2.88. The van der Waals surface area contributed by atoms with Crippen molar-refractivity contribution in [2.75, 3.05) is 6.54 Å². The molecule has 1 aromatic rings. The van der Waals surface area contributed by atoms with Gasteiger partial charge in [0.25, 0.3) is 0 Å². The smallest absolute Gasteiger partial charge is 0.150 e. The largest absolute Gasteiger partial charge is 0.360 e. The van der Waals surface area contributed by atoms with Gasteiger partial charge in [-0.05, 0) is 32.2 Å². The summed E-state index contributed by atoms with van der Waals surface area (Å²) in [5.41, 5.74) is 0.961. The highest BCUT2D eigenvalue weighted by Crippen LogP contribution is 2.23. The van der Waals surface area contributed by atoms with E-state index in [0.717, 1.165) is 30.5 Å². The van der Waals surface area contributed by atoms with Crippen LogP contribution in [0.15, 0.2) is 10.6 Å². The summed E-state index contributed by atoms with van der Waals surface area (Å²) in [6.45, 7) is 3.89. The molecule has 0 amide bonds. The van der Waals surface area contributed by atoms with Crippen LogP contribution in [0.5, 0.6) is 0 Å². The van der Waals surface area contributed by atoms with E-state index in [1.54, 1.807) is 0 Å². The number of nitrogens with one attached hydrogen (secondary N) is 1. The molecule has 1 aliphatic carbocycles. The Morgan fingerprint density at radius 1 is 1.50 bits per heavy atom. The van der Waals surface area contributed by atoms with Crippen LogP contribution in [0, 0.1) is 12.8 Å². The number of aromatic nitrogens is 1. The summed E-state index contributed by atoms with van der Waals surface area (Å²) in [4.78, 5) is 0. The molecule has 0 saturated heterocycles. The summed E-state index contributed by atoms with van der Waals surface area (Å²) < 4.78 is 5.12. The normalized spacial score (nSPS) is 17.8. The van der Waals surface area contributed by atoms with Gasteiger partial charge >= 0.3 is 0 Å². The highest BCUT2D eigenvalue weighted by Gasteiger charge is 2.14. The molecule has 0 unspecified atom stereocenters. The first kappa shape index (κ1) is 9.71. The quantitative estimate of drug-likeness (QED) is 0.799. The summed E-state index contributed by atoms with van der Waals surface area (Å²) in [5, 5.41) is 7.28. The SMILES string of the molecule is Cc1cc(CNCC2CCCC2)on1. The summed E-state index contributed by atoms with van der Waals surface area (Å²) in [6, 6.07) is 1.99. The minimum atomic E-state index is 0.817. The molecule has 3 heteroatoms. The Bertz CT molecular complexity index is 277. The van der Waals surface area contributed by atoms with E-state index in [0.29, 0.717) is 0 Å². The maximum Gasteiger partial charge on any atom is 0.150 e. The Morgan fingerprint density at radius 3 is 2.93 bits per heavy atom. The third-order valence-corrected chi connectivity index (χ3v) is 2.88. The maximum atomic E-state index is 5.12. The molecule has 1 saturated carbocycles. The fourth-order valence-electron chi connectivity index (χ4n) is 2.11. The van der Waals surface area contributed by atoms with Crippen molar-refractivity contribution in [1.29, 1.82) is 0 Å². The van der Waals surface area contributed by atoms with Crippen LogP contribution in [0.4, 0.5) is 0 Å². The fraction of sp³-hybridized carbons (Fsp3) is 0.727. The van der Waals surface area contributed by atoms with Crippen LogP contribution in [0.3, 0.4) is 0 Å². The molecule has 0 bridgehead atoms. The van der Waals surface area contributed by atoms with Crippen LogP contribution < -0.4 is 5.32 Å². The second kappa shape index (κ2) is 4.60.